The van der Waals surface area contributed by atoms with Crippen LogP contribution in [0.4, 0.5) is 4.79 Å². The Labute approximate surface area is 138 Å². The topological polar surface area (TPSA) is 75.7 Å². The fourth-order valence-corrected chi connectivity index (χ4v) is 2.74. The average Bonchev–Trinajstić information content (AvgIpc) is 2.58. The highest BCUT2D eigenvalue weighted by molar-refractivity contribution is 6.31. The lowest BCUT2D eigenvalue weighted by molar-refractivity contribution is -0.129. The second-order valence-corrected chi connectivity index (χ2v) is 5.27. The zero-order valence-electron chi connectivity index (χ0n) is 13.3. The Bertz CT molecular complexity index is 886. The molecule has 1 fully saturated rings. The molecule has 0 saturated carbocycles. The standard InChI is InChI=1S/C18H16N2O4/c1-3-20-17(22)14(16(21)19-18(20)23)10-11-8-9-15(24-2)13-7-5-4-6-12(11)13/h4-10H,3H2,1-2H3,(H,19,21,23)/b14-10+. The van der Waals surface area contributed by atoms with E-state index in [1.807, 2.05) is 24.3 Å². The van der Waals surface area contributed by atoms with E-state index in [4.69, 9.17) is 4.74 Å². The summed E-state index contributed by atoms with van der Waals surface area (Å²) in [7, 11) is 1.59. The van der Waals surface area contributed by atoms with Crippen LogP contribution in [0, 0.1) is 0 Å². The molecule has 3 rings (SSSR count). The quantitative estimate of drug-likeness (QED) is 0.694. The van der Waals surface area contributed by atoms with Crippen molar-refractivity contribution in [3.63, 3.8) is 0 Å². The summed E-state index contributed by atoms with van der Waals surface area (Å²) in [6, 6.07) is 10.4. The van der Waals surface area contributed by atoms with Crippen LogP contribution in [0.3, 0.4) is 0 Å². The van der Waals surface area contributed by atoms with E-state index in [0.717, 1.165) is 15.7 Å². The van der Waals surface area contributed by atoms with Crippen molar-refractivity contribution < 1.29 is 19.1 Å². The molecule has 0 atom stereocenters. The predicted molar refractivity (Wildman–Crippen MR) is 89.4 cm³/mol. The van der Waals surface area contributed by atoms with Crippen molar-refractivity contribution in [1.82, 2.24) is 10.2 Å². The van der Waals surface area contributed by atoms with Crippen molar-refractivity contribution in [1.29, 1.82) is 0 Å². The van der Waals surface area contributed by atoms with E-state index in [0.29, 0.717) is 11.3 Å². The van der Waals surface area contributed by atoms with Crippen LogP contribution in [0.15, 0.2) is 42.0 Å². The molecule has 122 valence electrons. The molecule has 0 aromatic heterocycles. The van der Waals surface area contributed by atoms with Gasteiger partial charge in [-0.05, 0) is 30.0 Å². The van der Waals surface area contributed by atoms with Crippen LogP contribution < -0.4 is 10.1 Å². The summed E-state index contributed by atoms with van der Waals surface area (Å²) in [6.07, 6.45) is 1.51. The van der Waals surface area contributed by atoms with Crippen LogP contribution in [0.1, 0.15) is 12.5 Å². The fraction of sp³-hybridized carbons (Fsp3) is 0.167. The molecular weight excluding hydrogens is 308 g/mol. The van der Waals surface area contributed by atoms with E-state index in [1.165, 1.54) is 6.08 Å². The largest absolute Gasteiger partial charge is 0.496 e. The molecule has 1 aliphatic heterocycles. The number of hydrogen-bond donors (Lipinski definition) is 1. The molecule has 1 saturated heterocycles. The number of urea groups is 1. The summed E-state index contributed by atoms with van der Waals surface area (Å²) in [6.45, 7) is 1.87. The SMILES string of the molecule is CCN1C(=O)NC(=O)/C(=C\c2ccc(OC)c3ccccc23)C1=O. The number of likely N-dealkylation sites (N-methyl/N-ethyl adjacent to an activating group) is 1. The van der Waals surface area contributed by atoms with Crippen LogP contribution in [0.5, 0.6) is 5.75 Å². The second-order valence-electron chi connectivity index (χ2n) is 5.27. The zero-order valence-corrected chi connectivity index (χ0v) is 13.3. The number of barbiturate groups is 1. The third kappa shape index (κ3) is 2.52. The van der Waals surface area contributed by atoms with Gasteiger partial charge in [-0.1, -0.05) is 30.3 Å². The van der Waals surface area contributed by atoms with Gasteiger partial charge >= 0.3 is 6.03 Å². The summed E-state index contributed by atoms with van der Waals surface area (Å²) in [5.41, 5.74) is 0.641. The lowest BCUT2D eigenvalue weighted by Crippen LogP contribution is -2.53. The molecule has 2 aromatic rings. The van der Waals surface area contributed by atoms with Gasteiger partial charge in [0.2, 0.25) is 0 Å². The molecule has 6 heteroatoms. The van der Waals surface area contributed by atoms with Gasteiger partial charge in [-0.25, -0.2) is 4.79 Å². The molecular formula is C18H16N2O4. The van der Waals surface area contributed by atoms with Gasteiger partial charge in [0.1, 0.15) is 11.3 Å². The number of fused-ring (bicyclic) bond motifs is 1. The van der Waals surface area contributed by atoms with E-state index < -0.39 is 17.8 Å². The molecule has 0 bridgehead atoms. The van der Waals surface area contributed by atoms with Crippen molar-refractivity contribution in [3.05, 3.63) is 47.5 Å². The molecule has 1 heterocycles. The van der Waals surface area contributed by atoms with Crippen molar-refractivity contribution in [2.45, 2.75) is 6.92 Å². The van der Waals surface area contributed by atoms with E-state index in [9.17, 15) is 14.4 Å². The smallest absolute Gasteiger partial charge is 0.331 e. The summed E-state index contributed by atoms with van der Waals surface area (Å²) in [5.74, 6) is -0.571. The molecule has 0 unspecified atom stereocenters. The first-order valence-electron chi connectivity index (χ1n) is 7.51. The highest BCUT2D eigenvalue weighted by Crippen LogP contribution is 2.30. The summed E-state index contributed by atoms with van der Waals surface area (Å²) in [5, 5.41) is 3.91. The zero-order chi connectivity index (χ0) is 17.3. The predicted octanol–water partition coefficient (Wildman–Crippen LogP) is 2.33. The number of hydrogen-bond acceptors (Lipinski definition) is 4. The maximum atomic E-state index is 12.4. The van der Waals surface area contributed by atoms with E-state index in [-0.39, 0.29) is 12.1 Å². The van der Waals surface area contributed by atoms with Gasteiger partial charge in [0.25, 0.3) is 11.8 Å². The number of nitrogens with zero attached hydrogens (tertiary/aromatic N) is 1. The first kappa shape index (κ1) is 15.7. The number of imide groups is 2. The second kappa shape index (κ2) is 6.16. The van der Waals surface area contributed by atoms with Crippen molar-refractivity contribution >= 4 is 34.7 Å². The van der Waals surface area contributed by atoms with Gasteiger partial charge in [0.05, 0.1) is 7.11 Å². The van der Waals surface area contributed by atoms with Gasteiger partial charge in [-0.3, -0.25) is 19.8 Å². The molecule has 24 heavy (non-hydrogen) atoms. The number of carbonyl (C=O) groups is 3. The van der Waals surface area contributed by atoms with E-state index in [2.05, 4.69) is 5.32 Å². The highest BCUT2D eigenvalue weighted by atomic mass is 16.5. The van der Waals surface area contributed by atoms with Crippen LogP contribution >= 0.6 is 0 Å². The molecule has 6 nitrogen and oxygen atoms in total. The number of nitrogens with one attached hydrogen (secondary N) is 1. The Balaban J connectivity index is 2.14. The van der Waals surface area contributed by atoms with Gasteiger partial charge < -0.3 is 4.74 Å². The fourth-order valence-electron chi connectivity index (χ4n) is 2.74. The Morgan fingerprint density at radius 2 is 1.79 bits per heavy atom. The molecule has 0 spiro atoms. The Hall–Kier alpha value is -3.15. The Morgan fingerprint density at radius 3 is 2.46 bits per heavy atom. The maximum Gasteiger partial charge on any atom is 0.331 e. The third-order valence-electron chi connectivity index (χ3n) is 3.94. The molecule has 1 N–H and O–H groups in total. The number of methoxy groups -OCH3 is 1. The number of benzene rings is 2. The van der Waals surface area contributed by atoms with Gasteiger partial charge in [0.15, 0.2) is 0 Å². The number of carbonyl (C=O) groups excluding carboxylic acids is 3. The van der Waals surface area contributed by atoms with Crippen LogP contribution in [-0.2, 0) is 9.59 Å². The van der Waals surface area contributed by atoms with E-state index >= 15 is 0 Å². The van der Waals surface area contributed by atoms with Crippen LogP contribution in [-0.4, -0.2) is 36.4 Å². The van der Waals surface area contributed by atoms with Crippen molar-refractivity contribution in [3.8, 4) is 5.75 Å². The summed E-state index contributed by atoms with van der Waals surface area (Å²) >= 11 is 0. The summed E-state index contributed by atoms with van der Waals surface area (Å²) in [4.78, 5) is 37.1. The van der Waals surface area contributed by atoms with Crippen molar-refractivity contribution in [2.75, 3.05) is 13.7 Å². The first-order valence-corrected chi connectivity index (χ1v) is 7.51. The van der Waals surface area contributed by atoms with Crippen molar-refractivity contribution in [2.24, 2.45) is 0 Å². The normalized spacial score (nSPS) is 16.7. The minimum absolute atomic E-state index is 0.0632. The average molecular weight is 324 g/mol. The van der Waals surface area contributed by atoms with Crippen LogP contribution in [0.25, 0.3) is 16.8 Å². The van der Waals surface area contributed by atoms with Gasteiger partial charge in [-0.15, -0.1) is 0 Å². The number of ether oxygens (including phenoxy) is 1. The van der Waals surface area contributed by atoms with Gasteiger partial charge in [-0.2, -0.15) is 0 Å². The minimum Gasteiger partial charge on any atom is -0.496 e. The third-order valence-corrected chi connectivity index (χ3v) is 3.94. The Morgan fingerprint density at radius 1 is 1.08 bits per heavy atom. The monoisotopic (exact) mass is 324 g/mol. The Kier molecular flexibility index (Phi) is 4.04. The molecule has 1 aliphatic rings. The molecule has 2 aromatic carbocycles. The molecule has 4 amide bonds. The maximum absolute atomic E-state index is 12.4. The highest BCUT2D eigenvalue weighted by Gasteiger charge is 2.34. The first-order chi connectivity index (χ1) is 11.6. The van der Waals surface area contributed by atoms with E-state index in [1.54, 1.807) is 26.2 Å². The van der Waals surface area contributed by atoms with Gasteiger partial charge in [0, 0.05) is 11.9 Å². The number of amides is 4. The van der Waals surface area contributed by atoms with Crippen LogP contribution in [0.2, 0.25) is 0 Å². The lowest BCUT2D eigenvalue weighted by atomic mass is 10.00. The summed E-state index contributed by atoms with van der Waals surface area (Å²) < 4.78 is 5.34. The molecule has 0 radical (unpaired) electrons. The molecule has 0 aliphatic carbocycles. The lowest BCUT2D eigenvalue weighted by Gasteiger charge is -2.25. The minimum atomic E-state index is -0.691. The number of rotatable bonds is 3.